The Labute approximate surface area is 210 Å². The third kappa shape index (κ3) is 4.99. The molecule has 190 valence electrons. The van der Waals surface area contributed by atoms with Gasteiger partial charge in [-0.15, -0.1) is 0 Å². The van der Waals surface area contributed by atoms with E-state index in [0.29, 0.717) is 41.8 Å². The molecule has 0 N–H and O–H groups in total. The Morgan fingerprint density at radius 1 is 1.06 bits per heavy atom. The van der Waals surface area contributed by atoms with Crippen LogP contribution < -0.4 is 9.64 Å². The molecule has 36 heavy (non-hydrogen) atoms. The molecule has 1 unspecified atom stereocenters. The zero-order chi connectivity index (χ0) is 25.1. The lowest BCUT2D eigenvalue weighted by molar-refractivity contribution is 0.0597. The molecule has 2 fully saturated rings. The second-order valence-electron chi connectivity index (χ2n) is 9.31. The van der Waals surface area contributed by atoms with Gasteiger partial charge in [-0.05, 0) is 56.0 Å². The highest BCUT2D eigenvalue weighted by Gasteiger charge is 2.25. The standard InChI is InChI=1S/C27H32N4O5/c1-17-16-36-13-10-31(17)26-20-5-6-22(19-4-7-23(33-2)21(15-19)27(32)34-3)28-25(20)29-24(30-26)14-18-8-11-35-12-9-18/h4-7,15,17-18H,8-14,16H2,1-3H3. The average Bonchev–Trinajstić information content (AvgIpc) is 2.92. The van der Waals surface area contributed by atoms with Crippen molar-refractivity contribution in [2.75, 3.05) is 52.1 Å². The van der Waals surface area contributed by atoms with Crippen molar-refractivity contribution in [2.24, 2.45) is 5.92 Å². The zero-order valence-electron chi connectivity index (χ0n) is 21.0. The second-order valence-corrected chi connectivity index (χ2v) is 9.31. The molecular weight excluding hydrogens is 460 g/mol. The lowest BCUT2D eigenvalue weighted by atomic mass is 9.96. The number of ether oxygens (including phenoxy) is 4. The van der Waals surface area contributed by atoms with Crippen LogP contribution in [0.5, 0.6) is 5.75 Å². The van der Waals surface area contributed by atoms with E-state index < -0.39 is 5.97 Å². The summed E-state index contributed by atoms with van der Waals surface area (Å²) < 4.78 is 21.5. The van der Waals surface area contributed by atoms with Crippen LogP contribution >= 0.6 is 0 Å². The molecule has 0 bridgehead atoms. The van der Waals surface area contributed by atoms with Crippen molar-refractivity contribution >= 4 is 22.8 Å². The quantitative estimate of drug-likeness (QED) is 0.478. The van der Waals surface area contributed by atoms with E-state index in [1.54, 1.807) is 12.1 Å². The van der Waals surface area contributed by atoms with Crippen molar-refractivity contribution in [3.05, 3.63) is 41.7 Å². The van der Waals surface area contributed by atoms with E-state index in [0.717, 1.165) is 61.6 Å². The van der Waals surface area contributed by atoms with E-state index in [1.165, 1.54) is 14.2 Å². The molecule has 2 aliphatic rings. The number of rotatable bonds is 6. The molecule has 0 amide bonds. The van der Waals surface area contributed by atoms with Gasteiger partial charge in [0, 0.05) is 31.7 Å². The fourth-order valence-electron chi connectivity index (χ4n) is 4.90. The highest BCUT2D eigenvalue weighted by Crippen LogP contribution is 2.31. The number of aromatic nitrogens is 3. The first-order valence-electron chi connectivity index (χ1n) is 12.4. The smallest absolute Gasteiger partial charge is 0.341 e. The minimum Gasteiger partial charge on any atom is -0.496 e. The summed E-state index contributed by atoms with van der Waals surface area (Å²) in [6.45, 7) is 5.82. The average molecular weight is 493 g/mol. The van der Waals surface area contributed by atoms with Crippen LogP contribution in [0.15, 0.2) is 30.3 Å². The maximum atomic E-state index is 12.3. The number of benzene rings is 1. The Balaban J connectivity index is 1.58. The van der Waals surface area contributed by atoms with Gasteiger partial charge >= 0.3 is 5.97 Å². The molecule has 0 radical (unpaired) electrons. The lowest BCUT2D eigenvalue weighted by Gasteiger charge is -2.35. The summed E-state index contributed by atoms with van der Waals surface area (Å²) in [4.78, 5) is 29.5. The molecule has 0 aliphatic carbocycles. The Hall–Kier alpha value is -3.30. The summed E-state index contributed by atoms with van der Waals surface area (Å²) in [5, 5.41) is 0.907. The highest BCUT2D eigenvalue weighted by molar-refractivity contribution is 5.94. The van der Waals surface area contributed by atoms with E-state index in [4.69, 9.17) is 33.9 Å². The van der Waals surface area contributed by atoms with Gasteiger partial charge in [-0.2, -0.15) is 0 Å². The first kappa shape index (κ1) is 24.4. The predicted molar refractivity (Wildman–Crippen MR) is 136 cm³/mol. The highest BCUT2D eigenvalue weighted by atomic mass is 16.5. The molecule has 2 saturated heterocycles. The minimum absolute atomic E-state index is 0.205. The van der Waals surface area contributed by atoms with Crippen LogP contribution in [0.1, 0.15) is 35.9 Å². The fraction of sp³-hybridized carbons (Fsp3) is 0.481. The number of carbonyl (C=O) groups excluding carboxylic acids is 1. The number of morpholine rings is 1. The number of pyridine rings is 1. The van der Waals surface area contributed by atoms with E-state index >= 15 is 0 Å². The van der Waals surface area contributed by atoms with Gasteiger partial charge in [0.1, 0.15) is 23.0 Å². The molecule has 9 nitrogen and oxygen atoms in total. The zero-order valence-corrected chi connectivity index (χ0v) is 21.0. The van der Waals surface area contributed by atoms with Gasteiger partial charge in [0.2, 0.25) is 0 Å². The van der Waals surface area contributed by atoms with Crippen molar-refractivity contribution in [1.29, 1.82) is 0 Å². The SMILES string of the molecule is COC(=O)c1cc(-c2ccc3c(N4CCOCC4C)nc(CC4CCOCC4)nc3n2)ccc1OC. The van der Waals surface area contributed by atoms with Crippen molar-refractivity contribution < 1.29 is 23.7 Å². The van der Waals surface area contributed by atoms with Crippen molar-refractivity contribution in [3.8, 4) is 17.0 Å². The van der Waals surface area contributed by atoms with Crippen LogP contribution in [0, 0.1) is 5.92 Å². The minimum atomic E-state index is -0.459. The molecule has 5 rings (SSSR count). The van der Waals surface area contributed by atoms with Crippen molar-refractivity contribution in [1.82, 2.24) is 15.0 Å². The van der Waals surface area contributed by atoms with E-state index in [-0.39, 0.29) is 6.04 Å². The molecule has 1 atom stereocenters. The monoisotopic (exact) mass is 492 g/mol. The van der Waals surface area contributed by atoms with Crippen LogP contribution in [-0.4, -0.2) is 74.2 Å². The molecule has 1 aromatic carbocycles. The van der Waals surface area contributed by atoms with Crippen molar-refractivity contribution in [3.63, 3.8) is 0 Å². The summed E-state index contributed by atoms with van der Waals surface area (Å²) >= 11 is 0. The van der Waals surface area contributed by atoms with E-state index in [1.807, 2.05) is 18.2 Å². The topological polar surface area (TPSA) is 95.9 Å². The molecule has 3 aromatic rings. The maximum Gasteiger partial charge on any atom is 0.341 e. The summed E-state index contributed by atoms with van der Waals surface area (Å²) in [6, 6.07) is 9.56. The van der Waals surface area contributed by atoms with Gasteiger partial charge < -0.3 is 23.8 Å². The van der Waals surface area contributed by atoms with Gasteiger partial charge in [-0.3, -0.25) is 0 Å². The van der Waals surface area contributed by atoms with Gasteiger partial charge in [-0.25, -0.2) is 19.7 Å². The summed E-state index contributed by atoms with van der Waals surface area (Å²) in [7, 11) is 2.88. The molecule has 4 heterocycles. The van der Waals surface area contributed by atoms with E-state index in [2.05, 4.69) is 11.8 Å². The largest absolute Gasteiger partial charge is 0.496 e. The van der Waals surface area contributed by atoms with Crippen LogP contribution in [0.3, 0.4) is 0 Å². The number of carbonyl (C=O) groups is 1. The summed E-state index contributed by atoms with van der Waals surface area (Å²) in [5.41, 5.74) is 2.50. The second kappa shape index (κ2) is 10.8. The summed E-state index contributed by atoms with van der Waals surface area (Å²) in [5.74, 6) is 2.20. The van der Waals surface area contributed by atoms with Gasteiger partial charge in [-0.1, -0.05) is 0 Å². The number of nitrogens with zero attached hydrogens (tertiary/aromatic N) is 4. The van der Waals surface area contributed by atoms with E-state index in [9.17, 15) is 4.79 Å². The Morgan fingerprint density at radius 2 is 1.89 bits per heavy atom. The first-order valence-corrected chi connectivity index (χ1v) is 12.4. The number of fused-ring (bicyclic) bond motifs is 1. The number of hydrogen-bond acceptors (Lipinski definition) is 9. The molecule has 9 heteroatoms. The molecule has 0 saturated carbocycles. The Kier molecular flexibility index (Phi) is 7.29. The Bertz CT molecular complexity index is 1240. The number of hydrogen-bond donors (Lipinski definition) is 0. The van der Waals surface area contributed by atoms with Crippen LogP contribution in [0.25, 0.3) is 22.3 Å². The lowest BCUT2D eigenvalue weighted by Crippen LogP contribution is -2.44. The molecule has 2 aromatic heterocycles. The number of methoxy groups -OCH3 is 2. The Morgan fingerprint density at radius 3 is 2.64 bits per heavy atom. The van der Waals surface area contributed by atoms with Crippen LogP contribution in [-0.2, 0) is 20.6 Å². The third-order valence-electron chi connectivity index (χ3n) is 6.94. The van der Waals surface area contributed by atoms with Crippen LogP contribution in [0.4, 0.5) is 5.82 Å². The van der Waals surface area contributed by atoms with Gasteiger partial charge in [0.05, 0.1) is 44.6 Å². The predicted octanol–water partition coefficient (Wildman–Crippen LogP) is 3.68. The van der Waals surface area contributed by atoms with Crippen LogP contribution in [0.2, 0.25) is 0 Å². The van der Waals surface area contributed by atoms with Crippen molar-refractivity contribution in [2.45, 2.75) is 32.2 Å². The van der Waals surface area contributed by atoms with Gasteiger partial charge in [0.15, 0.2) is 5.65 Å². The number of esters is 1. The molecular formula is C27H32N4O5. The first-order chi connectivity index (χ1) is 17.6. The fourth-order valence-corrected chi connectivity index (χ4v) is 4.90. The third-order valence-corrected chi connectivity index (χ3v) is 6.94. The maximum absolute atomic E-state index is 12.3. The normalized spacial score (nSPS) is 18.9. The summed E-state index contributed by atoms with van der Waals surface area (Å²) in [6.07, 6.45) is 2.83. The molecule has 2 aliphatic heterocycles. The molecule has 0 spiro atoms. The van der Waals surface area contributed by atoms with Gasteiger partial charge in [0.25, 0.3) is 0 Å². The number of anilines is 1.